The normalized spacial score (nSPS) is 11.2. The number of aromatic nitrogens is 1. The van der Waals surface area contributed by atoms with Gasteiger partial charge in [-0.1, -0.05) is 0 Å². The predicted octanol–water partition coefficient (Wildman–Crippen LogP) is 1.32. The van der Waals surface area contributed by atoms with Crippen LogP contribution in [-0.2, 0) is 17.2 Å². The summed E-state index contributed by atoms with van der Waals surface area (Å²) in [7, 11) is 1.67. The van der Waals surface area contributed by atoms with Crippen molar-refractivity contribution in [1.82, 2.24) is 9.88 Å². The molecule has 4 nitrogen and oxygen atoms in total. The van der Waals surface area contributed by atoms with Crippen LogP contribution in [0.3, 0.4) is 0 Å². The number of ether oxygens (including phenoxy) is 1. The molecule has 0 atom stereocenters. The smallest absolute Gasteiger partial charge is 0.107 e. The second-order valence-electron chi connectivity index (χ2n) is 3.36. The Kier molecular flexibility index (Phi) is 6.91. The highest BCUT2D eigenvalue weighted by molar-refractivity contribution is 7.09. The van der Waals surface area contributed by atoms with Crippen LogP contribution < -0.4 is 0 Å². The number of halogens is 1. The van der Waals surface area contributed by atoms with Gasteiger partial charge in [-0.3, -0.25) is 4.90 Å². The van der Waals surface area contributed by atoms with Crippen LogP contribution in [0, 0.1) is 0 Å². The summed E-state index contributed by atoms with van der Waals surface area (Å²) >= 11 is 7.29. The summed E-state index contributed by atoms with van der Waals surface area (Å²) in [6, 6.07) is 0. The number of hydrogen-bond donors (Lipinski definition) is 1. The molecule has 0 amide bonds. The summed E-state index contributed by atoms with van der Waals surface area (Å²) < 4.78 is 5.02. The third-order valence-corrected chi connectivity index (χ3v) is 3.28. The van der Waals surface area contributed by atoms with E-state index in [1.807, 2.05) is 5.38 Å². The fraction of sp³-hybridized carbons (Fsp3) is 0.700. The molecule has 1 heterocycles. The Labute approximate surface area is 105 Å². The van der Waals surface area contributed by atoms with Crippen molar-refractivity contribution in [3.8, 4) is 0 Å². The number of aliphatic hydroxyl groups is 1. The largest absolute Gasteiger partial charge is 0.395 e. The van der Waals surface area contributed by atoms with E-state index in [0.717, 1.165) is 23.8 Å². The van der Waals surface area contributed by atoms with Crippen LogP contribution in [0.1, 0.15) is 10.7 Å². The molecule has 0 aromatic carbocycles. The van der Waals surface area contributed by atoms with Crippen LogP contribution in [0.2, 0.25) is 0 Å². The minimum Gasteiger partial charge on any atom is -0.395 e. The first-order valence-electron chi connectivity index (χ1n) is 5.11. The summed E-state index contributed by atoms with van der Waals surface area (Å²) in [6.45, 7) is 2.99. The van der Waals surface area contributed by atoms with Crippen LogP contribution >= 0.6 is 22.9 Å². The summed E-state index contributed by atoms with van der Waals surface area (Å²) in [4.78, 5) is 6.49. The Morgan fingerprint density at radius 3 is 2.94 bits per heavy atom. The van der Waals surface area contributed by atoms with E-state index in [4.69, 9.17) is 21.4 Å². The second-order valence-corrected chi connectivity index (χ2v) is 4.57. The van der Waals surface area contributed by atoms with E-state index in [9.17, 15) is 0 Å². The Morgan fingerprint density at radius 1 is 1.56 bits per heavy atom. The fourth-order valence-electron chi connectivity index (χ4n) is 1.31. The maximum Gasteiger partial charge on any atom is 0.107 e. The average Bonchev–Trinajstić information content (AvgIpc) is 2.74. The van der Waals surface area contributed by atoms with Crippen molar-refractivity contribution in [3.05, 3.63) is 16.1 Å². The second kappa shape index (κ2) is 7.97. The third-order valence-electron chi connectivity index (χ3n) is 2.12. The van der Waals surface area contributed by atoms with E-state index in [-0.39, 0.29) is 6.61 Å². The molecule has 1 N–H and O–H groups in total. The molecule has 0 fully saturated rings. The van der Waals surface area contributed by atoms with Crippen molar-refractivity contribution in [3.63, 3.8) is 0 Å². The lowest BCUT2D eigenvalue weighted by atomic mass is 10.4. The lowest BCUT2D eigenvalue weighted by Crippen LogP contribution is -2.29. The molecule has 0 spiro atoms. The maximum atomic E-state index is 8.94. The predicted molar refractivity (Wildman–Crippen MR) is 65.9 cm³/mol. The van der Waals surface area contributed by atoms with Crippen LogP contribution in [-0.4, -0.2) is 48.4 Å². The van der Waals surface area contributed by atoms with Gasteiger partial charge in [-0.15, -0.1) is 22.9 Å². The summed E-state index contributed by atoms with van der Waals surface area (Å²) in [5.74, 6) is 0.453. The van der Waals surface area contributed by atoms with Crippen molar-refractivity contribution in [1.29, 1.82) is 0 Å². The highest BCUT2D eigenvalue weighted by Gasteiger charge is 2.08. The quantitative estimate of drug-likeness (QED) is 0.720. The molecule has 1 aromatic rings. The minimum absolute atomic E-state index is 0.150. The van der Waals surface area contributed by atoms with Crippen LogP contribution in [0.25, 0.3) is 0 Å². The number of thiazole rings is 1. The van der Waals surface area contributed by atoms with E-state index >= 15 is 0 Å². The standard InChI is InChI=1S/C10H17ClN2O2S/c1-15-5-3-13(2-4-14)7-10-12-9(6-11)8-16-10/h8,14H,2-7H2,1H3. The highest BCUT2D eigenvalue weighted by Crippen LogP contribution is 2.13. The molecular weight excluding hydrogens is 248 g/mol. The zero-order chi connectivity index (χ0) is 11.8. The van der Waals surface area contributed by atoms with Gasteiger partial charge in [-0.05, 0) is 0 Å². The van der Waals surface area contributed by atoms with E-state index in [1.165, 1.54) is 0 Å². The minimum atomic E-state index is 0.150. The first-order chi connectivity index (χ1) is 7.80. The summed E-state index contributed by atoms with van der Waals surface area (Å²) in [6.07, 6.45) is 0. The lowest BCUT2D eigenvalue weighted by molar-refractivity contribution is 0.127. The topological polar surface area (TPSA) is 45.6 Å². The molecule has 1 aromatic heterocycles. The molecule has 0 unspecified atom stereocenters. The molecule has 16 heavy (non-hydrogen) atoms. The lowest BCUT2D eigenvalue weighted by Gasteiger charge is -2.19. The molecule has 1 rings (SSSR count). The highest BCUT2D eigenvalue weighted by atomic mass is 35.5. The van der Waals surface area contributed by atoms with Gasteiger partial charge in [0.05, 0.1) is 31.3 Å². The molecule has 0 aliphatic heterocycles. The number of alkyl halides is 1. The molecule has 0 aliphatic carbocycles. The number of nitrogens with zero attached hydrogens (tertiary/aromatic N) is 2. The van der Waals surface area contributed by atoms with Gasteiger partial charge in [0.25, 0.3) is 0 Å². The average molecular weight is 265 g/mol. The Hall–Kier alpha value is -0.200. The number of hydrogen-bond acceptors (Lipinski definition) is 5. The van der Waals surface area contributed by atoms with Crippen molar-refractivity contribution in [2.24, 2.45) is 0 Å². The molecule has 92 valence electrons. The van der Waals surface area contributed by atoms with Gasteiger partial charge in [-0.2, -0.15) is 0 Å². The number of aliphatic hydroxyl groups excluding tert-OH is 1. The zero-order valence-electron chi connectivity index (χ0n) is 9.36. The summed E-state index contributed by atoms with van der Waals surface area (Å²) in [5.41, 5.74) is 0.914. The van der Waals surface area contributed by atoms with E-state index < -0.39 is 0 Å². The van der Waals surface area contributed by atoms with E-state index in [1.54, 1.807) is 18.4 Å². The molecule has 0 saturated heterocycles. The fourth-order valence-corrected chi connectivity index (χ4v) is 2.37. The van der Waals surface area contributed by atoms with Gasteiger partial charge < -0.3 is 9.84 Å². The van der Waals surface area contributed by atoms with Gasteiger partial charge in [0.2, 0.25) is 0 Å². The first-order valence-corrected chi connectivity index (χ1v) is 6.53. The molecule has 0 radical (unpaired) electrons. The molecule has 6 heteroatoms. The SMILES string of the molecule is COCCN(CCO)Cc1nc(CCl)cs1. The Balaban J connectivity index is 2.46. The van der Waals surface area contributed by atoms with E-state index in [0.29, 0.717) is 19.0 Å². The van der Waals surface area contributed by atoms with Crippen molar-refractivity contribution < 1.29 is 9.84 Å². The zero-order valence-corrected chi connectivity index (χ0v) is 10.9. The summed E-state index contributed by atoms with van der Waals surface area (Å²) in [5, 5.41) is 11.9. The van der Waals surface area contributed by atoms with Crippen LogP contribution in [0.5, 0.6) is 0 Å². The van der Waals surface area contributed by atoms with Gasteiger partial charge in [0.15, 0.2) is 0 Å². The van der Waals surface area contributed by atoms with Gasteiger partial charge in [0, 0.05) is 25.6 Å². The monoisotopic (exact) mass is 264 g/mol. The third kappa shape index (κ3) is 4.76. The van der Waals surface area contributed by atoms with Crippen LogP contribution in [0.15, 0.2) is 5.38 Å². The number of rotatable bonds is 8. The van der Waals surface area contributed by atoms with E-state index in [2.05, 4.69) is 9.88 Å². The van der Waals surface area contributed by atoms with Crippen molar-refractivity contribution in [2.75, 3.05) is 33.4 Å². The van der Waals surface area contributed by atoms with Gasteiger partial charge >= 0.3 is 0 Å². The first kappa shape index (κ1) is 13.9. The molecule has 0 bridgehead atoms. The molecule has 0 saturated carbocycles. The van der Waals surface area contributed by atoms with Crippen molar-refractivity contribution in [2.45, 2.75) is 12.4 Å². The Bertz CT molecular complexity index is 296. The molecule has 0 aliphatic rings. The van der Waals surface area contributed by atoms with Crippen LogP contribution in [0.4, 0.5) is 0 Å². The maximum absolute atomic E-state index is 8.94. The Morgan fingerprint density at radius 2 is 2.38 bits per heavy atom. The molecular formula is C10H17ClN2O2S. The number of methoxy groups -OCH3 is 1. The van der Waals surface area contributed by atoms with Gasteiger partial charge in [-0.25, -0.2) is 4.98 Å². The van der Waals surface area contributed by atoms with Crippen molar-refractivity contribution >= 4 is 22.9 Å². The van der Waals surface area contributed by atoms with Gasteiger partial charge in [0.1, 0.15) is 5.01 Å².